The minimum absolute atomic E-state index is 0. The van der Waals surface area contributed by atoms with Crippen LogP contribution < -0.4 is 80.4 Å². The van der Waals surface area contributed by atoms with Crippen molar-refractivity contribution in [1.29, 1.82) is 0 Å². The van der Waals surface area contributed by atoms with Crippen LogP contribution in [0.15, 0.2) is 168 Å². The maximum absolute atomic E-state index is 12.7. The molecule has 0 radical (unpaired) electrons. The molecule has 0 unspecified atom stereocenters. The van der Waals surface area contributed by atoms with E-state index in [1.165, 1.54) is 36.4 Å². The van der Waals surface area contributed by atoms with E-state index >= 15 is 0 Å². The molecule has 6 aromatic carbocycles. The van der Waals surface area contributed by atoms with E-state index in [2.05, 4.69) is 51.2 Å². The Morgan fingerprint density at radius 2 is 0.879 bits per heavy atom. The van der Waals surface area contributed by atoms with Crippen molar-refractivity contribution in [2.75, 3.05) is 21.3 Å². The van der Waals surface area contributed by atoms with E-state index in [0.29, 0.717) is 35.3 Å². The van der Waals surface area contributed by atoms with Gasteiger partial charge in [-0.1, -0.05) is 126 Å². The third-order valence-electron chi connectivity index (χ3n) is 9.26. The summed E-state index contributed by atoms with van der Waals surface area (Å²) < 4.78 is 63.1. The van der Waals surface area contributed by atoms with Gasteiger partial charge in [0.2, 0.25) is 23.8 Å². The number of aromatic nitrogens is 6. The van der Waals surface area contributed by atoms with Crippen LogP contribution in [-0.4, -0.2) is 42.9 Å². The molecule has 0 fully saturated rings. The summed E-state index contributed by atoms with van der Waals surface area (Å²) in [6, 6.07) is 46.7. The van der Waals surface area contributed by atoms with Crippen molar-refractivity contribution in [3.8, 4) is 0 Å². The Kier molecular flexibility index (Phi) is 18.6. The van der Waals surface area contributed by atoms with Gasteiger partial charge in [-0.05, 0) is 81.5 Å². The molecule has 20 heteroatoms. The Balaban J connectivity index is 0.00000272. The van der Waals surface area contributed by atoms with E-state index in [1.54, 1.807) is 12.1 Å². The Labute approximate surface area is 427 Å². The predicted octanol–water partition coefficient (Wildman–Crippen LogP) is 2.04. The smallest absolute Gasteiger partial charge is 0.744 e. The van der Waals surface area contributed by atoms with Gasteiger partial charge in [-0.15, -0.1) is 0 Å². The minimum Gasteiger partial charge on any atom is -0.744 e. The fourth-order valence-corrected chi connectivity index (χ4v) is 7.66. The molecule has 0 spiro atoms. The quantitative estimate of drug-likeness (QED) is 0.0356. The van der Waals surface area contributed by atoms with Gasteiger partial charge in [0.05, 0.1) is 4.90 Å². The number of rotatable bonds is 16. The molecule has 2 aromatic heterocycles. The number of para-hydroxylation sites is 3. The molecule has 16 nitrogen and oxygen atoms in total. The topological polar surface area (TPSA) is 250 Å². The van der Waals surface area contributed by atoms with Crippen molar-refractivity contribution in [3.63, 3.8) is 0 Å². The van der Waals surface area contributed by atoms with Gasteiger partial charge in [0, 0.05) is 35.6 Å². The molecule has 0 saturated carbocycles. The average Bonchev–Trinajstić information content (AvgIpc) is 3.27. The van der Waals surface area contributed by atoms with Gasteiger partial charge in [0.15, 0.2) is 0 Å². The molecule has 0 aliphatic carbocycles. The molecule has 2 heterocycles. The second kappa shape index (κ2) is 24.0. The zero-order chi connectivity index (χ0) is 43.6. The first kappa shape index (κ1) is 51.1. The number of hydrogen-bond acceptors (Lipinski definition) is 16. The van der Waals surface area contributed by atoms with Crippen LogP contribution in [-0.2, 0) is 47.6 Å². The van der Waals surface area contributed by atoms with Crippen molar-refractivity contribution < 1.29 is 86.0 Å². The van der Waals surface area contributed by atoms with Crippen LogP contribution in [0.5, 0.6) is 0 Å². The number of nitrogens with zero attached hydrogens (tertiary/aromatic N) is 6. The van der Waals surface area contributed by atoms with E-state index in [1.807, 2.05) is 121 Å². The van der Waals surface area contributed by atoms with Crippen LogP contribution in [0.25, 0.3) is 12.2 Å². The van der Waals surface area contributed by atoms with Crippen molar-refractivity contribution in [2.24, 2.45) is 0 Å². The average molecular weight is 938 g/mol. The van der Waals surface area contributed by atoms with E-state index in [9.17, 15) is 21.4 Å². The van der Waals surface area contributed by atoms with E-state index in [-0.39, 0.29) is 105 Å². The molecule has 8 rings (SSSR count). The fraction of sp³-hybridized carbons (Fsp3) is 0.0435. The van der Waals surface area contributed by atoms with Gasteiger partial charge in [-0.3, -0.25) is 0 Å². The summed E-state index contributed by atoms with van der Waals surface area (Å²) in [5.74, 6) is 1.73. The number of nitrogens with one attached hydrogen (secondary N) is 4. The molecule has 0 bridgehead atoms. The molecule has 322 valence electrons. The summed E-state index contributed by atoms with van der Waals surface area (Å²) in [5.41, 5.74) is 4.34. The van der Waals surface area contributed by atoms with E-state index < -0.39 is 25.7 Å². The van der Waals surface area contributed by atoms with E-state index in [0.717, 1.165) is 22.6 Å². The van der Waals surface area contributed by atoms with Crippen LogP contribution in [0.2, 0.25) is 0 Å². The number of benzene rings is 6. The Bertz CT molecular complexity index is 2980. The number of anilines is 8. The molecule has 0 atom stereocenters. The SMILES string of the molecule is O=[S-](=O)c1cc(Nc2nc(Nc3ccccc3)nc(Nc3ccccc3)n2)ccc1/C=C/c1ccc(Cc2nc(Cc3ccccc3)nc(Nc3ccccc3)n2)cc1S(=O)(=O)[O-].[Na+].[Na+].[OH3+]. The van der Waals surface area contributed by atoms with Gasteiger partial charge in [-0.2, -0.15) is 24.9 Å². The van der Waals surface area contributed by atoms with Gasteiger partial charge in [0.25, 0.3) is 0 Å². The Morgan fingerprint density at radius 3 is 1.35 bits per heavy atom. The van der Waals surface area contributed by atoms with Gasteiger partial charge in [0.1, 0.15) is 21.8 Å². The minimum atomic E-state index is -4.99. The van der Waals surface area contributed by atoms with Crippen molar-refractivity contribution in [1.82, 2.24) is 29.9 Å². The summed E-state index contributed by atoms with van der Waals surface area (Å²) in [6.07, 6.45) is 3.32. The van der Waals surface area contributed by atoms with Crippen LogP contribution in [0.3, 0.4) is 0 Å². The van der Waals surface area contributed by atoms with Crippen molar-refractivity contribution in [2.45, 2.75) is 22.6 Å². The molecule has 0 amide bonds. The monoisotopic (exact) mass is 937 g/mol. The van der Waals surface area contributed by atoms with Crippen LogP contribution in [0.4, 0.5) is 46.5 Å². The molecule has 8 aromatic rings. The van der Waals surface area contributed by atoms with Gasteiger partial charge < -0.3 is 39.7 Å². The first-order chi connectivity index (χ1) is 30.6. The maximum Gasteiger partial charge on any atom is 1.00 e. The Morgan fingerprint density at radius 1 is 0.470 bits per heavy atom. The van der Waals surface area contributed by atoms with Crippen molar-refractivity contribution in [3.05, 3.63) is 192 Å². The first-order valence-electron chi connectivity index (χ1n) is 19.4. The molecular weight excluding hydrogens is 899 g/mol. The second-order valence-corrected chi connectivity index (χ2v) is 16.1. The second-order valence-electron chi connectivity index (χ2n) is 13.9. The molecule has 0 saturated heterocycles. The zero-order valence-corrected chi connectivity index (χ0v) is 41.3. The predicted molar refractivity (Wildman–Crippen MR) is 246 cm³/mol. The fourth-order valence-electron chi connectivity index (χ4n) is 6.38. The zero-order valence-electron chi connectivity index (χ0n) is 35.7. The van der Waals surface area contributed by atoms with Crippen LogP contribution in [0.1, 0.15) is 33.9 Å². The third kappa shape index (κ3) is 14.3. The van der Waals surface area contributed by atoms with Crippen LogP contribution in [0, 0.1) is 0 Å². The molecule has 66 heavy (non-hydrogen) atoms. The summed E-state index contributed by atoms with van der Waals surface area (Å²) in [7, 11) is -7.72. The van der Waals surface area contributed by atoms with Gasteiger partial charge in [-0.25, -0.2) is 13.4 Å². The van der Waals surface area contributed by atoms with Crippen LogP contribution >= 0.6 is 0 Å². The standard InChI is InChI=1S/C46H37N10O5S2.2Na.H2O/c57-62(58)39-30-38(50-46-55-44(48-36-17-9-3-10-18-36)54-45(56-46)49-37-19-11-4-12-20-37)26-25-33(39)23-24-34-22-21-32(27-40(34)63(59,60)61)29-42-51-41(28-31-13-5-1-6-14-31)52-43(53-42)47-35-15-7-2-8-16-35;;;/h1-27,30H,28-29H2,(H,59,60,61)(H,47,51,52,53)(H3,48,49,50,54,55,56);;;1H2/q-1;2*+1;/b24-23+;;;. The molecular formula is C46H39N10Na2O6S2+. The summed E-state index contributed by atoms with van der Waals surface area (Å²) in [6.45, 7) is 0. The van der Waals surface area contributed by atoms with Crippen molar-refractivity contribution >= 4 is 79.5 Å². The summed E-state index contributed by atoms with van der Waals surface area (Å²) in [4.78, 5) is 26.8. The molecule has 0 aliphatic rings. The third-order valence-corrected chi connectivity index (χ3v) is 10.9. The first-order valence-corrected chi connectivity index (χ1v) is 21.9. The van der Waals surface area contributed by atoms with E-state index in [4.69, 9.17) is 0 Å². The largest absolute Gasteiger partial charge is 1.00 e. The molecule has 0 aliphatic heterocycles. The van der Waals surface area contributed by atoms with Gasteiger partial charge >= 0.3 is 59.1 Å². The normalized spacial score (nSPS) is 10.9. The Hall–Kier alpha value is -5.90. The summed E-state index contributed by atoms with van der Waals surface area (Å²) >= 11 is 0. The number of hydrogen-bond donors (Lipinski definition) is 4. The summed E-state index contributed by atoms with van der Waals surface area (Å²) in [5, 5.41) is 12.6. The maximum atomic E-state index is 12.7. The molecule has 7 N–H and O–H groups in total.